The number of rotatable bonds is 5. The van der Waals surface area contributed by atoms with Crippen LogP contribution in [0.4, 0.5) is 13.6 Å². The summed E-state index contributed by atoms with van der Waals surface area (Å²) in [4.78, 5) is 25.1. The fourth-order valence-electron chi connectivity index (χ4n) is 3.02. The van der Waals surface area contributed by atoms with E-state index < -0.39 is 24.5 Å². The molecule has 1 aliphatic heterocycles. The molecular formula is C17H22F2N2O4. The van der Waals surface area contributed by atoms with E-state index in [1.807, 2.05) is 6.92 Å². The quantitative estimate of drug-likeness (QED) is 0.850. The van der Waals surface area contributed by atoms with E-state index in [1.54, 1.807) is 19.1 Å². The van der Waals surface area contributed by atoms with Gasteiger partial charge in [-0.1, -0.05) is 19.1 Å². The Kier molecular flexibility index (Phi) is 6.17. The van der Waals surface area contributed by atoms with E-state index in [0.717, 1.165) is 0 Å². The lowest BCUT2D eigenvalue weighted by Crippen LogP contribution is -2.49. The number of carbonyl (C=O) groups is 2. The molecule has 0 saturated carbocycles. The molecule has 0 aromatic heterocycles. The number of ether oxygens (including phenoxy) is 1. The number of carboxylic acids is 1. The molecule has 8 heteroatoms. The average Bonchev–Trinajstić information content (AvgIpc) is 2.53. The third-order valence-corrected chi connectivity index (χ3v) is 4.22. The van der Waals surface area contributed by atoms with Gasteiger partial charge in [0.25, 0.3) is 0 Å². The Balaban J connectivity index is 2.00. The minimum Gasteiger partial charge on any atom is -0.481 e. The highest BCUT2D eigenvalue weighted by Crippen LogP contribution is 2.24. The first kappa shape index (κ1) is 19.0. The van der Waals surface area contributed by atoms with Gasteiger partial charge in [0.2, 0.25) is 0 Å². The molecule has 1 fully saturated rings. The molecule has 1 aromatic rings. The van der Waals surface area contributed by atoms with Crippen molar-refractivity contribution < 1.29 is 28.2 Å². The highest BCUT2D eigenvalue weighted by molar-refractivity contribution is 5.77. The van der Waals surface area contributed by atoms with Gasteiger partial charge in [0, 0.05) is 13.1 Å². The number of nitrogens with one attached hydrogen (secondary N) is 1. The zero-order valence-corrected chi connectivity index (χ0v) is 14.1. The Labute approximate surface area is 144 Å². The van der Waals surface area contributed by atoms with E-state index in [9.17, 15) is 23.5 Å². The second-order valence-corrected chi connectivity index (χ2v) is 6.40. The van der Waals surface area contributed by atoms with Crippen molar-refractivity contribution in [2.45, 2.75) is 32.9 Å². The second-order valence-electron chi connectivity index (χ2n) is 6.40. The maximum Gasteiger partial charge on any atom is 0.387 e. The van der Waals surface area contributed by atoms with E-state index in [2.05, 4.69) is 10.1 Å². The number of hydrogen-bond donors (Lipinski definition) is 2. The van der Waals surface area contributed by atoms with Crippen molar-refractivity contribution in [3.8, 4) is 5.75 Å². The van der Waals surface area contributed by atoms with E-state index in [0.29, 0.717) is 18.5 Å². The number of halogens is 2. The molecule has 1 aromatic carbocycles. The normalized spacial score (nSPS) is 21.7. The largest absolute Gasteiger partial charge is 0.481 e. The first-order chi connectivity index (χ1) is 11.8. The number of aliphatic carboxylic acids is 1. The van der Waals surface area contributed by atoms with Gasteiger partial charge in [0.15, 0.2) is 0 Å². The molecule has 0 aliphatic carbocycles. The molecule has 3 atom stereocenters. The molecule has 1 aliphatic rings. The molecule has 1 saturated heterocycles. The first-order valence-electron chi connectivity index (χ1n) is 8.09. The second kappa shape index (κ2) is 8.13. The van der Waals surface area contributed by atoms with Gasteiger partial charge in [0.05, 0.1) is 12.0 Å². The topological polar surface area (TPSA) is 78.9 Å². The Hall–Kier alpha value is -2.38. The number of amides is 2. The van der Waals surface area contributed by atoms with Gasteiger partial charge in [-0.25, -0.2) is 4.79 Å². The lowest BCUT2D eigenvalue weighted by Gasteiger charge is -2.35. The number of hydrogen-bond acceptors (Lipinski definition) is 3. The average molecular weight is 356 g/mol. The number of alkyl halides is 2. The summed E-state index contributed by atoms with van der Waals surface area (Å²) in [7, 11) is 0. The van der Waals surface area contributed by atoms with Crippen molar-refractivity contribution >= 4 is 12.0 Å². The smallest absolute Gasteiger partial charge is 0.387 e. The van der Waals surface area contributed by atoms with Crippen molar-refractivity contribution in [1.29, 1.82) is 0 Å². The number of carboxylic acid groups (broad SMARTS) is 1. The Morgan fingerprint density at radius 2 is 2.08 bits per heavy atom. The fourth-order valence-corrected chi connectivity index (χ4v) is 3.02. The van der Waals surface area contributed by atoms with Gasteiger partial charge < -0.3 is 20.1 Å². The molecule has 138 valence electrons. The van der Waals surface area contributed by atoms with E-state index in [4.69, 9.17) is 0 Å². The maximum absolute atomic E-state index is 12.4. The Morgan fingerprint density at radius 1 is 1.36 bits per heavy atom. The molecule has 25 heavy (non-hydrogen) atoms. The number of piperidine rings is 1. The molecule has 0 radical (unpaired) electrons. The van der Waals surface area contributed by atoms with Crippen molar-refractivity contribution in [2.75, 3.05) is 13.1 Å². The molecule has 1 heterocycles. The number of urea groups is 1. The van der Waals surface area contributed by atoms with Crippen molar-refractivity contribution in [3.05, 3.63) is 29.8 Å². The van der Waals surface area contributed by atoms with Gasteiger partial charge in [-0.15, -0.1) is 0 Å². The summed E-state index contributed by atoms with van der Waals surface area (Å²) in [5.41, 5.74) is 0.617. The third-order valence-electron chi connectivity index (χ3n) is 4.22. The third kappa shape index (κ3) is 5.30. The molecule has 2 rings (SSSR count). The standard InChI is InChI=1S/C17H22F2N2O4/c1-10-6-13(15(22)23)9-21(8-10)17(24)20-11(2)12-4-3-5-14(7-12)25-16(18)19/h3-5,7,10-11,13,16H,6,8-9H2,1-2H3,(H,20,24)(H,22,23). The predicted octanol–water partition coefficient (Wildman–Crippen LogP) is 3.10. The zero-order valence-electron chi connectivity index (χ0n) is 14.1. The summed E-state index contributed by atoms with van der Waals surface area (Å²) in [5, 5.41) is 12.0. The SMILES string of the molecule is CC1CC(C(=O)O)CN(C(=O)NC(C)c2cccc(OC(F)F)c2)C1. The molecule has 6 nitrogen and oxygen atoms in total. The van der Waals surface area contributed by atoms with E-state index >= 15 is 0 Å². The minimum atomic E-state index is -2.91. The lowest BCUT2D eigenvalue weighted by atomic mass is 9.91. The molecule has 0 bridgehead atoms. The van der Waals surface area contributed by atoms with Crippen LogP contribution in [0.5, 0.6) is 5.75 Å². The first-order valence-corrected chi connectivity index (χ1v) is 8.09. The number of benzene rings is 1. The summed E-state index contributed by atoms with van der Waals surface area (Å²) in [6, 6.07) is 5.31. The summed E-state index contributed by atoms with van der Waals surface area (Å²) in [6.07, 6.45) is 0.543. The van der Waals surface area contributed by atoms with Crippen molar-refractivity contribution in [1.82, 2.24) is 10.2 Å². The monoisotopic (exact) mass is 356 g/mol. The maximum atomic E-state index is 12.4. The molecule has 3 unspecified atom stereocenters. The number of nitrogens with zero attached hydrogens (tertiary/aromatic N) is 1. The van der Waals surface area contributed by atoms with Crippen LogP contribution in [0.15, 0.2) is 24.3 Å². The van der Waals surface area contributed by atoms with Gasteiger partial charge in [0.1, 0.15) is 5.75 Å². The van der Waals surface area contributed by atoms with Gasteiger partial charge in [-0.2, -0.15) is 8.78 Å². The van der Waals surface area contributed by atoms with Gasteiger partial charge >= 0.3 is 18.6 Å². The number of carbonyl (C=O) groups excluding carboxylic acids is 1. The van der Waals surface area contributed by atoms with Crippen LogP contribution < -0.4 is 10.1 Å². The highest BCUT2D eigenvalue weighted by Gasteiger charge is 2.32. The van der Waals surface area contributed by atoms with Gasteiger partial charge in [-0.3, -0.25) is 4.79 Å². The Bertz CT molecular complexity index is 626. The van der Waals surface area contributed by atoms with Crippen LogP contribution in [-0.2, 0) is 4.79 Å². The fraction of sp³-hybridized carbons (Fsp3) is 0.529. The lowest BCUT2D eigenvalue weighted by molar-refractivity contribution is -0.143. The molecule has 2 amide bonds. The minimum absolute atomic E-state index is 0.0196. The molecule has 0 spiro atoms. The van der Waals surface area contributed by atoms with Crippen molar-refractivity contribution in [2.24, 2.45) is 11.8 Å². The van der Waals surface area contributed by atoms with Crippen LogP contribution in [0.2, 0.25) is 0 Å². The summed E-state index contributed by atoms with van der Waals surface area (Å²) >= 11 is 0. The summed E-state index contributed by atoms with van der Waals surface area (Å²) in [5.74, 6) is -1.37. The van der Waals surface area contributed by atoms with Crippen LogP contribution in [0.3, 0.4) is 0 Å². The predicted molar refractivity (Wildman–Crippen MR) is 86.5 cm³/mol. The van der Waals surface area contributed by atoms with Crippen LogP contribution >= 0.6 is 0 Å². The molecule has 2 N–H and O–H groups in total. The summed E-state index contributed by atoms with van der Waals surface area (Å²) < 4.78 is 29.0. The Morgan fingerprint density at radius 3 is 2.72 bits per heavy atom. The van der Waals surface area contributed by atoms with Crippen LogP contribution in [0, 0.1) is 11.8 Å². The van der Waals surface area contributed by atoms with E-state index in [1.165, 1.54) is 17.0 Å². The molecular weight excluding hydrogens is 334 g/mol. The highest BCUT2D eigenvalue weighted by atomic mass is 19.3. The number of likely N-dealkylation sites (tertiary alicyclic amines) is 1. The van der Waals surface area contributed by atoms with Crippen molar-refractivity contribution in [3.63, 3.8) is 0 Å². The summed E-state index contributed by atoms with van der Waals surface area (Å²) in [6.45, 7) is 1.36. The zero-order chi connectivity index (χ0) is 18.6. The van der Waals surface area contributed by atoms with Crippen LogP contribution in [0.25, 0.3) is 0 Å². The van der Waals surface area contributed by atoms with Crippen LogP contribution in [0.1, 0.15) is 31.9 Å². The van der Waals surface area contributed by atoms with Crippen LogP contribution in [-0.4, -0.2) is 41.7 Å². The van der Waals surface area contributed by atoms with E-state index in [-0.39, 0.29) is 24.2 Å². The van der Waals surface area contributed by atoms with Gasteiger partial charge in [-0.05, 0) is 37.0 Å².